The first-order chi connectivity index (χ1) is 32.9. The Kier molecular flexibility index (Phi) is 22.9. The van der Waals surface area contributed by atoms with Gasteiger partial charge in [0.1, 0.15) is 37.1 Å². The number of esters is 4. The van der Waals surface area contributed by atoms with Crippen LogP contribution in [0, 0.1) is 0 Å². The fraction of sp³-hybridized carbons (Fsp3) is 0.558. The molecule has 5 rings (SSSR count). The van der Waals surface area contributed by atoms with E-state index in [9.17, 15) is 24.0 Å². The van der Waals surface area contributed by atoms with Crippen LogP contribution in [-0.4, -0.2) is 111 Å². The molecule has 0 radical (unpaired) electrons. The highest BCUT2D eigenvalue weighted by Gasteiger charge is 2.54. The lowest BCUT2D eigenvalue weighted by molar-refractivity contribution is -0.323. The third-order valence-corrected chi connectivity index (χ3v) is 11.5. The van der Waals surface area contributed by atoms with Gasteiger partial charge in [0.2, 0.25) is 5.91 Å². The molecule has 68 heavy (non-hydrogen) atoms. The van der Waals surface area contributed by atoms with E-state index in [0.29, 0.717) is 6.54 Å². The summed E-state index contributed by atoms with van der Waals surface area (Å²) < 4.78 is 62.4. The number of carbonyl (C=O) groups excluding carboxylic acids is 5. The second-order valence-electron chi connectivity index (χ2n) is 17.1. The summed E-state index contributed by atoms with van der Waals surface area (Å²) in [4.78, 5) is 63.1. The summed E-state index contributed by atoms with van der Waals surface area (Å²) in [5, 5.41) is 3.07. The van der Waals surface area contributed by atoms with Crippen molar-refractivity contribution in [3.63, 3.8) is 0 Å². The number of benzene rings is 3. The fourth-order valence-electron chi connectivity index (χ4n) is 8.26. The molecule has 1 N–H and O–H groups in total. The van der Waals surface area contributed by atoms with Gasteiger partial charge in [0.15, 0.2) is 24.6 Å². The van der Waals surface area contributed by atoms with E-state index >= 15 is 0 Å². The van der Waals surface area contributed by atoms with Crippen LogP contribution in [0.1, 0.15) is 103 Å². The topological polar surface area (TPSA) is 190 Å². The van der Waals surface area contributed by atoms with Gasteiger partial charge in [0.05, 0.1) is 32.5 Å². The number of hydrogen-bond acceptors (Lipinski definition) is 15. The summed E-state index contributed by atoms with van der Waals surface area (Å²) in [6, 6.07) is 29.0. The molecule has 2 aliphatic rings. The number of rotatable bonds is 27. The average Bonchev–Trinajstić information content (AvgIpc) is 3.32. The van der Waals surface area contributed by atoms with E-state index in [1.807, 2.05) is 91.0 Å². The van der Waals surface area contributed by atoms with Crippen molar-refractivity contribution in [2.45, 2.75) is 167 Å². The number of unbranched alkanes of at least 4 members (excludes halogenated alkanes) is 5. The molecule has 16 nitrogen and oxygen atoms in total. The lowest BCUT2D eigenvalue weighted by Gasteiger charge is -2.47. The zero-order valence-corrected chi connectivity index (χ0v) is 40.0. The Bertz CT molecular complexity index is 1970. The van der Waals surface area contributed by atoms with E-state index in [0.717, 1.165) is 63.1 Å². The Morgan fingerprint density at radius 2 is 0.956 bits per heavy atom. The van der Waals surface area contributed by atoms with Crippen molar-refractivity contribution in [1.82, 2.24) is 5.32 Å². The first-order valence-electron chi connectivity index (χ1n) is 23.7. The molecule has 3 aromatic carbocycles. The summed E-state index contributed by atoms with van der Waals surface area (Å²) in [5.74, 6) is -3.09. The first kappa shape index (κ1) is 53.7. The van der Waals surface area contributed by atoms with Gasteiger partial charge < -0.3 is 52.7 Å². The predicted octanol–water partition coefficient (Wildman–Crippen LogP) is 6.87. The number of nitrogens with one attached hydrogen (secondary N) is 1. The monoisotopic (exact) mass is 947 g/mol. The van der Waals surface area contributed by atoms with Crippen LogP contribution in [0.5, 0.6) is 0 Å². The number of ether oxygens (including phenoxy) is 10. The Hall–Kier alpha value is -5.23. The van der Waals surface area contributed by atoms with Crippen molar-refractivity contribution in [3.8, 4) is 0 Å². The first-order valence-corrected chi connectivity index (χ1v) is 23.7. The lowest BCUT2D eigenvalue weighted by Crippen LogP contribution is -2.64. The van der Waals surface area contributed by atoms with Gasteiger partial charge in [-0.05, 0) is 29.5 Å². The number of hydrogen-bond donors (Lipinski definition) is 1. The summed E-state index contributed by atoms with van der Waals surface area (Å²) in [6.07, 6.45) is -4.20. The number of amides is 1. The Morgan fingerprint density at radius 3 is 1.49 bits per heavy atom. The summed E-state index contributed by atoms with van der Waals surface area (Å²) in [5.41, 5.74) is 2.69. The van der Waals surface area contributed by atoms with Crippen molar-refractivity contribution < 1.29 is 71.3 Å². The van der Waals surface area contributed by atoms with Crippen LogP contribution in [0.2, 0.25) is 0 Å². The maximum atomic E-state index is 13.4. The highest BCUT2D eigenvalue weighted by atomic mass is 16.7. The van der Waals surface area contributed by atoms with Crippen LogP contribution >= 0.6 is 0 Å². The molecule has 2 aliphatic heterocycles. The van der Waals surface area contributed by atoms with Crippen molar-refractivity contribution in [2.24, 2.45) is 0 Å². The summed E-state index contributed by atoms with van der Waals surface area (Å²) in [7, 11) is 0. The maximum Gasteiger partial charge on any atom is 0.303 e. The second-order valence-corrected chi connectivity index (χ2v) is 17.1. The lowest BCUT2D eigenvalue weighted by atomic mass is 9.91. The van der Waals surface area contributed by atoms with E-state index in [-0.39, 0.29) is 45.2 Å². The number of carbonyl (C=O) groups is 5. The molecule has 2 fully saturated rings. The van der Waals surface area contributed by atoms with E-state index in [1.54, 1.807) is 0 Å². The van der Waals surface area contributed by atoms with Gasteiger partial charge in [-0.25, -0.2) is 0 Å². The van der Waals surface area contributed by atoms with Crippen LogP contribution in [0.4, 0.5) is 0 Å². The minimum atomic E-state index is -1.49. The average molecular weight is 948 g/mol. The molecular weight excluding hydrogens is 879 g/mol. The molecule has 0 unspecified atom stereocenters. The van der Waals surface area contributed by atoms with Gasteiger partial charge in [0, 0.05) is 40.7 Å². The second kappa shape index (κ2) is 28.9. The zero-order valence-electron chi connectivity index (χ0n) is 40.0. The van der Waals surface area contributed by atoms with Gasteiger partial charge in [-0.2, -0.15) is 0 Å². The maximum absolute atomic E-state index is 13.4. The molecule has 2 heterocycles. The Balaban J connectivity index is 1.50. The van der Waals surface area contributed by atoms with Gasteiger partial charge in [-0.1, -0.05) is 130 Å². The van der Waals surface area contributed by atoms with Crippen molar-refractivity contribution in [3.05, 3.63) is 108 Å². The molecule has 1 amide bonds. The quantitative estimate of drug-likeness (QED) is 0.0473. The highest BCUT2D eigenvalue weighted by Crippen LogP contribution is 2.35. The van der Waals surface area contributed by atoms with E-state index < -0.39 is 91.7 Å². The highest BCUT2D eigenvalue weighted by molar-refractivity contribution is 5.75. The van der Waals surface area contributed by atoms with Crippen LogP contribution < -0.4 is 5.32 Å². The molecule has 0 saturated carbocycles. The largest absolute Gasteiger partial charge is 0.463 e. The molecule has 0 spiro atoms. The molecule has 0 aromatic heterocycles. The molecule has 16 heteroatoms. The van der Waals surface area contributed by atoms with Crippen LogP contribution in [-0.2, 0) is 91.2 Å². The van der Waals surface area contributed by atoms with Crippen molar-refractivity contribution >= 4 is 29.8 Å². The molecular formula is C52H69NO15. The molecule has 372 valence electrons. The van der Waals surface area contributed by atoms with Crippen LogP contribution in [0.25, 0.3) is 0 Å². The van der Waals surface area contributed by atoms with Gasteiger partial charge in [-0.3, -0.25) is 24.0 Å². The summed E-state index contributed by atoms with van der Waals surface area (Å²) >= 11 is 0. The smallest absolute Gasteiger partial charge is 0.303 e. The minimum absolute atomic E-state index is 0.125. The van der Waals surface area contributed by atoms with Gasteiger partial charge in [-0.15, -0.1) is 0 Å². The Morgan fingerprint density at radius 1 is 0.485 bits per heavy atom. The standard InChI is InChI=1S/C52H69NO15/c1-6-7-8-9-10-20-29-53-45(58)28-27-42-46(60-30-39-21-14-11-15-22-39)49(62-32-41-25-18-13-19-26-41)47(61-31-40-23-16-12-17-24-40)43(67-42)34-63-52-51(66-38(5)57)50(65-37(4)56)48(64-36(3)55)44(68-52)33-59-35(2)54/h11-19,21-26,42-44,46-52H,6-10,20,27-34H2,1-5H3,(H,53,58)/t42-,43-,44-,46+,47+,48-,49-,50+,51-,52-/m1/s1. The van der Waals surface area contributed by atoms with Crippen molar-refractivity contribution in [1.29, 1.82) is 0 Å². The molecule has 3 aromatic rings. The third-order valence-electron chi connectivity index (χ3n) is 11.5. The van der Waals surface area contributed by atoms with Gasteiger partial charge >= 0.3 is 23.9 Å². The SMILES string of the molecule is CCCCCCCCNC(=O)CC[C@H]1O[C@H](CO[C@@H]2O[C@H](COC(C)=O)[C@@H](OC(C)=O)[C@H](OC(C)=O)[C@H]2OC(C)=O)[C@H](OCc2ccccc2)[C@H](OCc2ccccc2)[C@H]1OCc1ccccc1. The molecule has 0 bridgehead atoms. The van der Waals surface area contributed by atoms with E-state index in [2.05, 4.69) is 12.2 Å². The van der Waals surface area contributed by atoms with Gasteiger partial charge in [0.25, 0.3) is 0 Å². The van der Waals surface area contributed by atoms with Crippen molar-refractivity contribution in [2.75, 3.05) is 19.8 Å². The Labute approximate surface area is 399 Å². The summed E-state index contributed by atoms with van der Waals surface area (Å²) in [6.45, 7) is 7.21. The normalized spacial score (nSPS) is 24.6. The van der Waals surface area contributed by atoms with Crippen LogP contribution in [0.3, 0.4) is 0 Å². The van der Waals surface area contributed by atoms with Crippen LogP contribution in [0.15, 0.2) is 91.0 Å². The molecule has 2 saturated heterocycles. The minimum Gasteiger partial charge on any atom is -0.463 e. The fourth-order valence-corrected chi connectivity index (χ4v) is 8.26. The third kappa shape index (κ3) is 18.0. The predicted molar refractivity (Wildman–Crippen MR) is 247 cm³/mol. The van der Waals surface area contributed by atoms with E-state index in [1.165, 1.54) is 19.8 Å². The van der Waals surface area contributed by atoms with E-state index in [4.69, 9.17) is 47.4 Å². The molecule has 0 aliphatic carbocycles. The molecule has 10 atom stereocenters. The zero-order chi connectivity index (χ0) is 48.7.